The fraction of sp³-hybridized carbons (Fsp3) is 0.182. The molecule has 1 amide bonds. The molecular weight excluding hydrogens is 322 g/mol. The van der Waals surface area contributed by atoms with Crippen LogP contribution in [0.3, 0.4) is 0 Å². The van der Waals surface area contributed by atoms with Crippen LogP contribution in [-0.2, 0) is 6.42 Å². The van der Waals surface area contributed by atoms with Gasteiger partial charge in [-0.2, -0.15) is 0 Å². The van der Waals surface area contributed by atoms with Crippen LogP contribution in [0.15, 0.2) is 60.8 Å². The van der Waals surface area contributed by atoms with Gasteiger partial charge in [0, 0.05) is 11.3 Å². The van der Waals surface area contributed by atoms with Gasteiger partial charge in [0.05, 0.1) is 11.9 Å². The van der Waals surface area contributed by atoms with Crippen molar-refractivity contribution < 1.29 is 4.79 Å². The molecule has 2 aromatic carbocycles. The van der Waals surface area contributed by atoms with E-state index in [2.05, 4.69) is 28.6 Å². The third-order valence-electron chi connectivity index (χ3n) is 4.45. The Morgan fingerprint density at radius 2 is 1.81 bits per heavy atom. The van der Waals surface area contributed by atoms with Gasteiger partial charge < -0.3 is 10.6 Å². The third-order valence-corrected chi connectivity index (χ3v) is 4.45. The molecule has 0 spiro atoms. The van der Waals surface area contributed by atoms with E-state index in [1.165, 1.54) is 11.1 Å². The third kappa shape index (κ3) is 4.09. The maximum atomic E-state index is 12.4. The number of aryl methyl sites for hydroxylation is 3. The fourth-order valence-electron chi connectivity index (χ4n) is 2.72. The van der Waals surface area contributed by atoms with Gasteiger partial charge >= 0.3 is 0 Å². The molecule has 26 heavy (non-hydrogen) atoms. The highest BCUT2D eigenvalue weighted by molar-refractivity contribution is 6.04. The van der Waals surface area contributed by atoms with Gasteiger partial charge in [-0.15, -0.1) is 0 Å². The second-order valence-electron chi connectivity index (χ2n) is 6.32. The highest BCUT2D eigenvalue weighted by Gasteiger charge is 2.08. The molecule has 132 valence electrons. The van der Waals surface area contributed by atoms with Crippen molar-refractivity contribution in [2.75, 3.05) is 10.6 Å². The number of anilines is 3. The monoisotopic (exact) mass is 345 g/mol. The van der Waals surface area contributed by atoms with Crippen LogP contribution in [0.4, 0.5) is 17.2 Å². The lowest BCUT2D eigenvalue weighted by molar-refractivity contribution is 0.102. The molecule has 0 saturated heterocycles. The molecule has 0 unspecified atom stereocenters. The summed E-state index contributed by atoms with van der Waals surface area (Å²) in [7, 11) is 0. The van der Waals surface area contributed by atoms with Crippen LogP contribution in [0, 0.1) is 13.8 Å². The first-order valence-corrected chi connectivity index (χ1v) is 8.76. The van der Waals surface area contributed by atoms with Crippen molar-refractivity contribution in [2.45, 2.75) is 27.2 Å². The zero-order chi connectivity index (χ0) is 18.5. The van der Waals surface area contributed by atoms with E-state index in [1.807, 2.05) is 62.4 Å². The van der Waals surface area contributed by atoms with Gasteiger partial charge in [0.15, 0.2) is 0 Å². The second-order valence-corrected chi connectivity index (χ2v) is 6.32. The number of hydrogen-bond acceptors (Lipinski definition) is 3. The predicted octanol–water partition coefficient (Wildman–Crippen LogP) is 5.26. The minimum Gasteiger partial charge on any atom is -0.340 e. The molecule has 0 aliphatic heterocycles. The Balaban J connectivity index is 1.69. The normalized spacial score (nSPS) is 10.4. The van der Waals surface area contributed by atoms with Crippen molar-refractivity contribution in [2.24, 2.45) is 0 Å². The largest absolute Gasteiger partial charge is 0.340 e. The van der Waals surface area contributed by atoms with E-state index in [-0.39, 0.29) is 5.91 Å². The molecule has 2 N–H and O–H groups in total. The number of carbonyl (C=O) groups excluding carboxylic acids is 1. The summed E-state index contributed by atoms with van der Waals surface area (Å²) in [6.07, 6.45) is 2.61. The van der Waals surface area contributed by atoms with E-state index < -0.39 is 0 Å². The SMILES string of the molecule is CCc1ccccc1Nc1ccc(NC(=O)c2ccc(C)c(C)c2)cn1. The smallest absolute Gasteiger partial charge is 0.255 e. The Morgan fingerprint density at radius 3 is 2.50 bits per heavy atom. The summed E-state index contributed by atoms with van der Waals surface area (Å²) in [5.74, 6) is 0.613. The van der Waals surface area contributed by atoms with E-state index in [0.29, 0.717) is 11.3 Å². The molecule has 1 heterocycles. The first-order chi connectivity index (χ1) is 12.6. The summed E-state index contributed by atoms with van der Waals surface area (Å²) < 4.78 is 0. The standard InChI is InChI=1S/C22H23N3O/c1-4-17-7-5-6-8-20(17)25-21-12-11-19(14-23-21)24-22(26)18-10-9-15(2)16(3)13-18/h5-14H,4H2,1-3H3,(H,23,25)(H,24,26). The minimum absolute atomic E-state index is 0.132. The number of amides is 1. The Morgan fingerprint density at radius 1 is 1.00 bits per heavy atom. The van der Waals surface area contributed by atoms with Crippen molar-refractivity contribution in [3.63, 3.8) is 0 Å². The van der Waals surface area contributed by atoms with Crippen LogP contribution in [0.1, 0.15) is 34.0 Å². The summed E-state index contributed by atoms with van der Waals surface area (Å²) in [6.45, 7) is 6.16. The van der Waals surface area contributed by atoms with Crippen molar-refractivity contribution in [3.8, 4) is 0 Å². The van der Waals surface area contributed by atoms with Gasteiger partial charge in [-0.3, -0.25) is 4.79 Å². The molecule has 0 fully saturated rings. The number of pyridine rings is 1. The Kier molecular flexibility index (Phi) is 5.32. The van der Waals surface area contributed by atoms with E-state index in [1.54, 1.807) is 6.20 Å². The quantitative estimate of drug-likeness (QED) is 0.663. The van der Waals surface area contributed by atoms with Crippen LogP contribution in [0.5, 0.6) is 0 Å². The average molecular weight is 345 g/mol. The topological polar surface area (TPSA) is 54.0 Å². The second kappa shape index (κ2) is 7.83. The molecule has 3 aromatic rings. The molecule has 1 aromatic heterocycles. The Labute approximate surface area is 154 Å². The predicted molar refractivity (Wildman–Crippen MR) is 107 cm³/mol. The maximum absolute atomic E-state index is 12.4. The Bertz CT molecular complexity index is 917. The first-order valence-electron chi connectivity index (χ1n) is 8.76. The van der Waals surface area contributed by atoms with E-state index in [0.717, 1.165) is 23.5 Å². The number of benzene rings is 2. The lowest BCUT2D eigenvalue weighted by atomic mass is 10.1. The lowest BCUT2D eigenvalue weighted by Crippen LogP contribution is -2.12. The zero-order valence-corrected chi connectivity index (χ0v) is 15.3. The van der Waals surface area contributed by atoms with E-state index in [4.69, 9.17) is 0 Å². The van der Waals surface area contributed by atoms with E-state index in [9.17, 15) is 4.79 Å². The number of hydrogen-bond donors (Lipinski definition) is 2. The molecule has 0 saturated carbocycles. The lowest BCUT2D eigenvalue weighted by Gasteiger charge is -2.11. The van der Waals surface area contributed by atoms with Gasteiger partial charge in [0.25, 0.3) is 5.91 Å². The fourth-order valence-corrected chi connectivity index (χ4v) is 2.72. The molecule has 3 rings (SSSR count). The molecule has 0 bridgehead atoms. The number of aromatic nitrogens is 1. The van der Waals surface area contributed by atoms with Gasteiger partial charge in [-0.05, 0) is 67.3 Å². The Hall–Kier alpha value is -3.14. The summed E-state index contributed by atoms with van der Waals surface area (Å²) in [5, 5.41) is 6.21. The van der Waals surface area contributed by atoms with Crippen molar-refractivity contribution in [1.29, 1.82) is 0 Å². The summed E-state index contributed by atoms with van der Waals surface area (Å²) in [5.41, 5.74) is 5.88. The highest BCUT2D eigenvalue weighted by Crippen LogP contribution is 2.21. The van der Waals surface area contributed by atoms with Gasteiger partial charge in [0.2, 0.25) is 0 Å². The number of carbonyl (C=O) groups is 1. The summed E-state index contributed by atoms with van der Waals surface area (Å²) in [4.78, 5) is 16.8. The molecule has 0 aliphatic carbocycles. The summed E-state index contributed by atoms with van der Waals surface area (Å²) >= 11 is 0. The van der Waals surface area contributed by atoms with Crippen molar-refractivity contribution in [3.05, 3.63) is 83.0 Å². The van der Waals surface area contributed by atoms with Crippen LogP contribution in [0.25, 0.3) is 0 Å². The van der Waals surface area contributed by atoms with Crippen LogP contribution in [-0.4, -0.2) is 10.9 Å². The highest BCUT2D eigenvalue weighted by atomic mass is 16.1. The molecule has 0 aliphatic rings. The summed E-state index contributed by atoms with van der Waals surface area (Å²) in [6, 6.07) is 17.6. The number of nitrogens with zero attached hydrogens (tertiary/aromatic N) is 1. The number of para-hydroxylation sites is 1. The van der Waals surface area contributed by atoms with Crippen molar-refractivity contribution >= 4 is 23.1 Å². The molecule has 0 radical (unpaired) electrons. The number of rotatable bonds is 5. The van der Waals surface area contributed by atoms with Crippen LogP contribution < -0.4 is 10.6 Å². The van der Waals surface area contributed by atoms with Crippen LogP contribution >= 0.6 is 0 Å². The van der Waals surface area contributed by atoms with E-state index >= 15 is 0 Å². The molecule has 4 heteroatoms. The maximum Gasteiger partial charge on any atom is 0.255 e. The zero-order valence-electron chi connectivity index (χ0n) is 15.3. The number of nitrogens with one attached hydrogen (secondary N) is 2. The average Bonchev–Trinajstić information content (AvgIpc) is 2.66. The van der Waals surface area contributed by atoms with Crippen molar-refractivity contribution in [1.82, 2.24) is 4.98 Å². The molecular formula is C22H23N3O. The van der Waals surface area contributed by atoms with Gasteiger partial charge in [-0.1, -0.05) is 31.2 Å². The molecule has 4 nitrogen and oxygen atoms in total. The van der Waals surface area contributed by atoms with Gasteiger partial charge in [0.1, 0.15) is 5.82 Å². The van der Waals surface area contributed by atoms with Crippen LogP contribution in [0.2, 0.25) is 0 Å². The minimum atomic E-state index is -0.132. The first kappa shape index (κ1) is 17.7. The van der Waals surface area contributed by atoms with Gasteiger partial charge in [-0.25, -0.2) is 4.98 Å². The molecule has 0 atom stereocenters.